The second kappa shape index (κ2) is 7.26. The highest BCUT2D eigenvalue weighted by Crippen LogP contribution is 2.26. The van der Waals surface area contributed by atoms with Crippen LogP contribution in [0, 0.1) is 5.92 Å². The molecule has 23 heavy (non-hydrogen) atoms. The number of hydrogen-bond acceptors (Lipinski definition) is 3. The van der Waals surface area contributed by atoms with Crippen molar-refractivity contribution >= 4 is 11.8 Å². The number of hydrogen-bond donors (Lipinski definition) is 0. The van der Waals surface area contributed by atoms with Gasteiger partial charge in [-0.2, -0.15) is 0 Å². The summed E-state index contributed by atoms with van der Waals surface area (Å²) in [7, 11) is 0. The van der Waals surface area contributed by atoms with Crippen LogP contribution >= 0.6 is 0 Å². The molecule has 2 aliphatic heterocycles. The van der Waals surface area contributed by atoms with E-state index in [-0.39, 0.29) is 11.8 Å². The Morgan fingerprint density at radius 2 is 1.61 bits per heavy atom. The minimum Gasteiger partial charge on any atom is -0.303 e. The molecule has 0 N–H and O–H groups in total. The Morgan fingerprint density at radius 1 is 1.00 bits per heavy atom. The SMILES string of the molecule is CCCCN1CCC(CCN2C(=O)c3ccccc3C2=O)CC1. The van der Waals surface area contributed by atoms with Crippen molar-refractivity contribution in [3.63, 3.8) is 0 Å². The first-order chi connectivity index (χ1) is 11.2. The number of fused-ring (bicyclic) bond motifs is 1. The lowest BCUT2D eigenvalue weighted by Crippen LogP contribution is -2.37. The Kier molecular flexibility index (Phi) is 5.11. The van der Waals surface area contributed by atoms with Crippen LogP contribution in [0.15, 0.2) is 24.3 Å². The van der Waals surface area contributed by atoms with E-state index in [0.29, 0.717) is 23.6 Å². The standard InChI is InChI=1S/C19H26N2O2/c1-2-3-11-20-12-8-15(9-13-20)10-14-21-18(22)16-6-4-5-7-17(16)19(21)23/h4-7,15H,2-3,8-14H2,1H3. The Bertz CT molecular complexity index is 541. The fourth-order valence-corrected chi connectivity index (χ4v) is 3.63. The molecule has 2 aliphatic rings. The summed E-state index contributed by atoms with van der Waals surface area (Å²) in [4.78, 5) is 28.7. The van der Waals surface area contributed by atoms with Crippen molar-refractivity contribution in [2.45, 2.75) is 39.0 Å². The van der Waals surface area contributed by atoms with E-state index in [9.17, 15) is 9.59 Å². The molecule has 1 aromatic rings. The Hall–Kier alpha value is -1.68. The van der Waals surface area contributed by atoms with Gasteiger partial charge < -0.3 is 4.90 Å². The fourth-order valence-electron chi connectivity index (χ4n) is 3.63. The van der Waals surface area contributed by atoms with Crippen molar-refractivity contribution < 1.29 is 9.59 Å². The van der Waals surface area contributed by atoms with Gasteiger partial charge in [0, 0.05) is 6.54 Å². The molecule has 4 heteroatoms. The molecule has 0 aliphatic carbocycles. The predicted octanol–water partition coefficient (Wildman–Crippen LogP) is 3.18. The Morgan fingerprint density at radius 3 is 2.17 bits per heavy atom. The highest BCUT2D eigenvalue weighted by molar-refractivity contribution is 6.21. The van der Waals surface area contributed by atoms with Gasteiger partial charge in [-0.15, -0.1) is 0 Å². The van der Waals surface area contributed by atoms with Crippen molar-refractivity contribution in [3.05, 3.63) is 35.4 Å². The molecule has 124 valence electrons. The molecule has 2 heterocycles. The lowest BCUT2D eigenvalue weighted by Gasteiger charge is -2.32. The van der Waals surface area contributed by atoms with Gasteiger partial charge in [-0.05, 0) is 63.4 Å². The van der Waals surface area contributed by atoms with Crippen LogP contribution in [0.3, 0.4) is 0 Å². The van der Waals surface area contributed by atoms with Gasteiger partial charge in [0.15, 0.2) is 0 Å². The van der Waals surface area contributed by atoms with Gasteiger partial charge in [0.25, 0.3) is 11.8 Å². The summed E-state index contributed by atoms with van der Waals surface area (Å²) >= 11 is 0. The third kappa shape index (κ3) is 3.47. The normalized spacial score (nSPS) is 19.4. The van der Waals surface area contributed by atoms with Gasteiger partial charge in [0.05, 0.1) is 11.1 Å². The molecule has 0 atom stereocenters. The summed E-state index contributed by atoms with van der Waals surface area (Å²) in [5.74, 6) is 0.397. The molecular weight excluding hydrogens is 288 g/mol. The van der Waals surface area contributed by atoms with Crippen molar-refractivity contribution in [1.29, 1.82) is 0 Å². The monoisotopic (exact) mass is 314 g/mol. The number of benzene rings is 1. The smallest absolute Gasteiger partial charge is 0.261 e. The van der Waals surface area contributed by atoms with Crippen LogP contribution in [0.4, 0.5) is 0 Å². The Balaban J connectivity index is 1.49. The Labute approximate surface area is 138 Å². The molecule has 0 spiro atoms. The van der Waals surface area contributed by atoms with E-state index in [2.05, 4.69) is 11.8 Å². The van der Waals surface area contributed by atoms with Gasteiger partial charge >= 0.3 is 0 Å². The molecule has 2 amide bonds. The van der Waals surface area contributed by atoms with Crippen LogP contribution in [0.1, 0.15) is 59.7 Å². The summed E-state index contributed by atoms with van der Waals surface area (Å²) in [6.45, 7) is 6.32. The average molecular weight is 314 g/mol. The fraction of sp³-hybridized carbons (Fsp3) is 0.579. The van der Waals surface area contributed by atoms with E-state index in [1.807, 2.05) is 12.1 Å². The van der Waals surface area contributed by atoms with Gasteiger partial charge in [-0.1, -0.05) is 25.5 Å². The van der Waals surface area contributed by atoms with Crippen LogP contribution in [0.2, 0.25) is 0 Å². The number of imide groups is 1. The molecule has 0 aromatic heterocycles. The van der Waals surface area contributed by atoms with Gasteiger partial charge in [-0.25, -0.2) is 0 Å². The van der Waals surface area contributed by atoms with Gasteiger partial charge in [0.1, 0.15) is 0 Å². The first-order valence-corrected chi connectivity index (χ1v) is 8.88. The van der Waals surface area contributed by atoms with E-state index >= 15 is 0 Å². The molecule has 0 unspecified atom stereocenters. The van der Waals surface area contributed by atoms with Crippen LogP contribution in [-0.4, -0.2) is 47.8 Å². The third-order valence-corrected chi connectivity index (χ3v) is 5.17. The molecule has 0 radical (unpaired) electrons. The van der Waals surface area contributed by atoms with Crippen LogP contribution < -0.4 is 0 Å². The maximum absolute atomic E-state index is 12.3. The lowest BCUT2D eigenvalue weighted by molar-refractivity contribution is 0.0636. The van der Waals surface area contributed by atoms with Crippen LogP contribution in [0.25, 0.3) is 0 Å². The molecule has 1 aromatic carbocycles. The number of carbonyl (C=O) groups is 2. The number of rotatable bonds is 6. The zero-order valence-corrected chi connectivity index (χ0v) is 14.0. The van der Waals surface area contributed by atoms with Crippen molar-refractivity contribution in [2.24, 2.45) is 5.92 Å². The average Bonchev–Trinajstić information content (AvgIpc) is 2.84. The number of likely N-dealkylation sites (tertiary alicyclic amines) is 1. The molecule has 1 fully saturated rings. The van der Waals surface area contributed by atoms with E-state index < -0.39 is 0 Å². The molecule has 1 saturated heterocycles. The molecule has 0 bridgehead atoms. The van der Waals surface area contributed by atoms with Crippen molar-refractivity contribution in [3.8, 4) is 0 Å². The van der Waals surface area contributed by atoms with Crippen LogP contribution in [0.5, 0.6) is 0 Å². The number of carbonyl (C=O) groups excluding carboxylic acids is 2. The number of unbranched alkanes of at least 4 members (excludes halogenated alkanes) is 1. The first kappa shape index (κ1) is 16.2. The van der Waals surface area contributed by atoms with Crippen LogP contribution in [-0.2, 0) is 0 Å². The number of nitrogens with zero attached hydrogens (tertiary/aromatic N) is 2. The molecular formula is C19H26N2O2. The van der Waals surface area contributed by atoms with E-state index in [0.717, 1.165) is 19.5 Å². The minimum absolute atomic E-state index is 0.119. The predicted molar refractivity (Wildman–Crippen MR) is 90.5 cm³/mol. The largest absolute Gasteiger partial charge is 0.303 e. The first-order valence-electron chi connectivity index (χ1n) is 8.88. The lowest BCUT2D eigenvalue weighted by atomic mass is 9.93. The summed E-state index contributed by atoms with van der Waals surface area (Å²) in [6.07, 6.45) is 5.84. The molecule has 3 rings (SSSR count). The molecule has 4 nitrogen and oxygen atoms in total. The maximum atomic E-state index is 12.3. The molecule has 0 saturated carbocycles. The van der Waals surface area contributed by atoms with E-state index in [4.69, 9.17) is 0 Å². The number of piperidine rings is 1. The zero-order valence-electron chi connectivity index (χ0n) is 14.0. The van der Waals surface area contributed by atoms with E-state index in [1.165, 1.54) is 37.1 Å². The quantitative estimate of drug-likeness (QED) is 0.757. The second-order valence-corrected chi connectivity index (χ2v) is 6.73. The summed E-state index contributed by atoms with van der Waals surface area (Å²) in [5, 5.41) is 0. The second-order valence-electron chi connectivity index (χ2n) is 6.73. The van der Waals surface area contributed by atoms with E-state index in [1.54, 1.807) is 12.1 Å². The number of amides is 2. The summed E-state index contributed by atoms with van der Waals surface area (Å²) < 4.78 is 0. The van der Waals surface area contributed by atoms with Crippen molar-refractivity contribution in [1.82, 2.24) is 9.80 Å². The summed E-state index contributed by atoms with van der Waals surface area (Å²) in [5.41, 5.74) is 1.12. The topological polar surface area (TPSA) is 40.6 Å². The maximum Gasteiger partial charge on any atom is 0.261 e. The van der Waals surface area contributed by atoms with Gasteiger partial charge in [-0.3, -0.25) is 14.5 Å². The minimum atomic E-state index is -0.119. The zero-order chi connectivity index (χ0) is 16.2. The third-order valence-electron chi connectivity index (χ3n) is 5.17. The highest BCUT2D eigenvalue weighted by Gasteiger charge is 2.35. The van der Waals surface area contributed by atoms with Gasteiger partial charge in [0.2, 0.25) is 0 Å². The summed E-state index contributed by atoms with van der Waals surface area (Å²) in [6, 6.07) is 7.14. The highest BCUT2D eigenvalue weighted by atomic mass is 16.2. The van der Waals surface area contributed by atoms with Crippen molar-refractivity contribution in [2.75, 3.05) is 26.2 Å².